The Balaban J connectivity index is 1.58. The molecule has 2 aromatic rings. The Morgan fingerprint density at radius 2 is 2.11 bits per heavy atom. The van der Waals surface area contributed by atoms with Gasteiger partial charge in [0.15, 0.2) is 0 Å². The highest BCUT2D eigenvalue weighted by Crippen LogP contribution is 2.18. The Labute approximate surface area is 110 Å². The molecule has 6 nitrogen and oxygen atoms in total. The lowest BCUT2D eigenvalue weighted by Gasteiger charge is -2.02. The molecule has 0 aliphatic heterocycles. The average Bonchev–Trinajstić information content (AvgIpc) is 3.11. The van der Waals surface area contributed by atoms with Crippen LogP contribution in [0.3, 0.4) is 0 Å². The van der Waals surface area contributed by atoms with E-state index < -0.39 is 0 Å². The van der Waals surface area contributed by atoms with Gasteiger partial charge in [-0.15, -0.1) is 5.10 Å². The lowest BCUT2D eigenvalue weighted by atomic mass is 10.2. The molecule has 6 heteroatoms. The topological polar surface area (TPSA) is 71.8 Å². The third-order valence-corrected chi connectivity index (χ3v) is 2.86. The zero-order valence-corrected chi connectivity index (χ0v) is 10.4. The summed E-state index contributed by atoms with van der Waals surface area (Å²) in [5.74, 6) is 0.328. The van der Waals surface area contributed by atoms with Gasteiger partial charge in [0.05, 0.1) is 6.54 Å². The first-order valence-electron chi connectivity index (χ1n) is 6.30. The first kappa shape index (κ1) is 11.7. The van der Waals surface area contributed by atoms with Crippen molar-refractivity contribution in [2.75, 3.05) is 5.32 Å². The maximum absolute atomic E-state index is 11.5. The van der Waals surface area contributed by atoms with Gasteiger partial charge in [-0.05, 0) is 18.4 Å². The smallest absolute Gasteiger partial charge is 0.321 e. The summed E-state index contributed by atoms with van der Waals surface area (Å²) in [6.45, 7) is 0.639. The van der Waals surface area contributed by atoms with Gasteiger partial charge < -0.3 is 5.32 Å². The van der Waals surface area contributed by atoms with Crippen molar-refractivity contribution in [3.8, 4) is 0 Å². The molecule has 0 atom stereocenters. The molecule has 1 saturated carbocycles. The molecule has 1 aliphatic carbocycles. The Morgan fingerprint density at radius 1 is 1.32 bits per heavy atom. The number of nitrogens with one attached hydrogen (secondary N) is 2. The van der Waals surface area contributed by atoms with Crippen LogP contribution in [0.1, 0.15) is 18.4 Å². The summed E-state index contributed by atoms with van der Waals surface area (Å²) >= 11 is 0. The van der Waals surface area contributed by atoms with Gasteiger partial charge in [0.2, 0.25) is 5.95 Å². The summed E-state index contributed by atoms with van der Waals surface area (Å²) in [7, 11) is 0. The van der Waals surface area contributed by atoms with Crippen LogP contribution in [-0.4, -0.2) is 26.8 Å². The summed E-state index contributed by atoms with van der Waals surface area (Å²) in [5.41, 5.74) is 1.14. The molecule has 1 aromatic heterocycles. The summed E-state index contributed by atoms with van der Waals surface area (Å²) in [6.07, 6.45) is 3.73. The Hall–Kier alpha value is -2.37. The van der Waals surface area contributed by atoms with E-state index in [0.29, 0.717) is 18.5 Å². The number of carbonyl (C=O) groups excluding carboxylic acids is 1. The first-order chi connectivity index (χ1) is 9.29. The second-order valence-corrected chi connectivity index (χ2v) is 4.62. The number of hydrogen-bond donors (Lipinski definition) is 2. The molecule has 0 radical (unpaired) electrons. The fourth-order valence-corrected chi connectivity index (χ4v) is 1.75. The molecule has 2 N–H and O–H groups in total. The van der Waals surface area contributed by atoms with Crippen LogP contribution in [0.4, 0.5) is 10.7 Å². The van der Waals surface area contributed by atoms with E-state index in [0.717, 1.165) is 18.4 Å². The van der Waals surface area contributed by atoms with Gasteiger partial charge >= 0.3 is 6.03 Å². The molecule has 98 valence electrons. The van der Waals surface area contributed by atoms with Gasteiger partial charge in [-0.3, -0.25) is 5.32 Å². The number of nitrogens with zero attached hydrogens (tertiary/aromatic N) is 3. The van der Waals surface area contributed by atoms with Crippen molar-refractivity contribution in [2.24, 2.45) is 0 Å². The fourth-order valence-electron chi connectivity index (χ4n) is 1.75. The van der Waals surface area contributed by atoms with E-state index >= 15 is 0 Å². The minimum absolute atomic E-state index is 0.236. The van der Waals surface area contributed by atoms with Crippen LogP contribution >= 0.6 is 0 Å². The quantitative estimate of drug-likeness (QED) is 0.874. The van der Waals surface area contributed by atoms with Crippen LogP contribution in [0.25, 0.3) is 0 Å². The molecular formula is C13H15N5O. The monoisotopic (exact) mass is 257 g/mol. The maximum atomic E-state index is 11.5. The van der Waals surface area contributed by atoms with Gasteiger partial charge in [-0.2, -0.15) is 0 Å². The standard InChI is InChI=1S/C13H15N5O/c19-13(15-11-6-7-11)16-12-14-9-18(17-12)8-10-4-2-1-3-5-10/h1-5,9,11H,6-8H2,(H2,15,16,17,19). The van der Waals surface area contributed by atoms with Crippen LogP contribution in [0.2, 0.25) is 0 Å². The SMILES string of the molecule is O=C(Nc1ncn(Cc2ccccc2)n1)NC1CC1. The lowest BCUT2D eigenvalue weighted by Crippen LogP contribution is -2.30. The van der Waals surface area contributed by atoms with Crippen molar-refractivity contribution in [3.63, 3.8) is 0 Å². The summed E-state index contributed by atoms with van der Waals surface area (Å²) in [5, 5.41) is 9.66. The molecule has 0 spiro atoms. The van der Waals surface area contributed by atoms with E-state index in [2.05, 4.69) is 20.7 Å². The Kier molecular flexibility index (Phi) is 3.14. The normalized spacial score (nSPS) is 14.1. The molecule has 0 unspecified atom stereocenters. The minimum Gasteiger partial charge on any atom is -0.335 e. The molecule has 1 heterocycles. The molecule has 3 rings (SSSR count). The van der Waals surface area contributed by atoms with Gasteiger partial charge in [-0.25, -0.2) is 14.5 Å². The molecular weight excluding hydrogens is 242 g/mol. The van der Waals surface area contributed by atoms with Crippen LogP contribution in [0, 0.1) is 0 Å². The van der Waals surface area contributed by atoms with Gasteiger partial charge in [-0.1, -0.05) is 30.3 Å². The summed E-state index contributed by atoms with van der Waals surface area (Å²) < 4.78 is 1.70. The zero-order chi connectivity index (χ0) is 13.1. The van der Waals surface area contributed by atoms with Crippen LogP contribution in [-0.2, 0) is 6.54 Å². The molecule has 2 amide bonds. The molecule has 0 saturated heterocycles. The first-order valence-corrected chi connectivity index (χ1v) is 6.30. The Bertz CT molecular complexity index is 561. The van der Waals surface area contributed by atoms with Gasteiger partial charge in [0, 0.05) is 6.04 Å². The largest absolute Gasteiger partial charge is 0.335 e. The van der Waals surface area contributed by atoms with Crippen molar-refractivity contribution in [3.05, 3.63) is 42.2 Å². The van der Waals surface area contributed by atoms with Gasteiger partial charge in [0.1, 0.15) is 6.33 Å². The van der Waals surface area contributed by atoms with E-state index in [1.165, 1.54) is 0 Å². The van der Waals surface area contributed by atoms with Crippen molar-refractivity contribution >= 4 is 12.0 Å². The second-order valence-electron chi connectivity index (χ2n) is 4.62. The van der Waals surface area contributed by atoms with Crippen molar-refractivity contribution < 1.29 is 4.79 Å². The molecule has 0 bridgehead atoms. The lowest BCUT2D eigenvalue weighted by molar-refractivity contribution is 0.251. The van der Waals surface area contributed by atoms with Crippen LogP contribution in [0.15, 0.2) is 36.7 Å². The predicted molar refractivity (Wildman–Crippen MR) is 70.7 cm³/mol. The predicted octanol–water partition coefficient (Wildman–Crippen LogP) is 1.61. The van der Waals surface area contributed by atoms with Crippen LogP contribution in [0.5, 0.6) is 0 Å². The summed E-state index contributed by atoms with van der Waals surface area (Å²) in [4.78, 5) is 15.6. The van der Waals surface area contributed by atoms with Crippen molar-refractivity contribution in [1.29, 1.82) is 0 Å². The zero-order valence-electron chi connectivity index (χ0n) is 10.4. The highest BCUT2D eigenvalue weighted by Gasteiger charge is 2.23. The van der Waals surface area contributed by atoms with E-state index in [1.807, 2.05) is 30.3 Å². The van der Waals surface area contributed by atoms with E-state index in [4.69, 9.17) is 0 Å². The minimum atomic E-state index is -0.236. The number of aromatic nitrogens is 3. The number of carbonyl (C=O) groups is 1. The third-order valence-electron chi connectivity index (χ3n) is 2.86. The number of amides is 2. The Morgan fingerprint density at radius 3 is 2.84 bits per heavy atom. The maximum Gasteiger partial charge on any atom is 0.321 e. The molecule has 19 heavy (non-hydrogen) atoms. The highest BCUT2D eigenvalue weighted by molar-refractivity contribution is 5.87. The molecule has 1 aliphatic rings. The van der Waals surface area contributed by atoms with E-state index in [1.54, 1.807) is 11.0 Å². The summed E-state index contributed by atoms with van der Waals surface area (Å²) in [6, 6.07) is 10.1. The molecule has 1 fully saturated rings. The van der Waals surface area contributed by atoms with E-state index in [-0.39, 0.29) is 6.03 Å². The van der Waals surface area contributed by atoms with Crippen molar-refractivity contribution in [1.82, 2.24) is 20.1 Å². The second kappa shape index (κ2) is 5.09. The van der Waals surface area contributed by atoms with Gasteiger partial charge in [0.25, 0.3) is 0 Å². The number of anilines is 1. The third kappa shape index (κ3) is 3.31. The van der Waals surface area contributed by atoms with Crippen LogP contribution < -0.4 is 10.6 Å². The molecule has 1 aromatic carbocycles. The number of rotatable bonds is 4. The number of urea groups is 1. The van der Waals surface area contributed by atoms with E-state index in [9.17, 15) is 4.79 Å². The fraction of sp³-hybridized carbons (Fsp3) is 0.308. The highest BCUT2D eigenvalue weighted by atomic mass is 16.2. The van der Waals surface area contributed by atoms with Crippen molar-refractivity contribution in [2.45, 2.75) is 25.4 Å². The number of benzene rings is 1. The number of hydrogen-bond acceptors (Lipinski definition) is 3. The average molecular weight is 257 g/mol.